The van der Waals surface area contributed by atoms with Crippen molar-refractivity contribution in [1.82, 2.24) is 10.1 Å². The van der Waals surface area contributed by atoms with Gasteiger partial charge in [-0.3, -0.25) is 4.79 Å². The van der Waals surface area contributed by atoms with Crippen LogP contribution in [-0.2, 0) is 11.3 Å². The SMILES string of the molecule is C=CC(=O)N1Cc2sc(C)cc2[C@@H](/C=C(/C=C\C=C/C)c2cnoc2)C1. The molecular formula is C21H22N2O2S. The molecule has 0 saturated heterocycles. The number of amides is 1. The van der Waals surface area contributed by atoms with Crippen LogP contribution in [0.2, 0.25) is 0 Å². The molecule has 0 spiro atoms. The molecule has 3 heterocycles. The molecule has 4 nitrogen and oxygen atoms in total. The minimum atomic E-state index is -0.0314. The van der Waals surface area contributed by atoms with Crippen molar-refractivity contribution >= 4 is 22.8 Å². The van der Waals surface area contributed by atoms with Crippen LogP contribution < -0.4 is 0 Å². The van der Waals surface area contributed by atoms with Gasteiger partial charge in [-0.15, -0.1) is 11.3 Å². The number of hydrogen-bond donors (Lipinski definition) is 0. The lowest BCUT2D eigenvalue weighted by Crippen LogP contribution is -2.36. The van der Waals surface area contributed by atoms with Gasteiger partial charge < -0.3 is 9.42 Å². The van der Waals surface area contributed by atoms with E-state index in [1.807, 2.05) is 36.1 Å². The molecule has 26 heavy (non-hydrogen) atoms. The number of fused-ring (bicyclic) bond motifs is 1. The van der Waals surface area contributed by atoms with Gasteiger partial charge in [-0.1, -0.05) is 42.1 Å². The fraction of sp³-hybridized carbons (Fsp3) is 0.238. The average molecular weight is 366 g/mol. The largest absolute Gasteiger partial charge is 0.364 e. The molecule has 1 amide bonds. The van der Waals surface area contributed by atoms with E-state index in [2.05, 4.69) is 30.8 Å². The van der Waals surface area contributed by atoms with Crippen molar-refractivity contribution in [2.45, 2.75) is 26.3 Å². The standard InChI is InChI=1S/C21H22N2O2S/c1-4-6-7-8-16(18-11-22-25-14-18)10-17-12-23(21(24)5-2)13-20-19(17)9-15(3)26-20/h4-11,14,17H,2,12-13H2,1,3H3/b6-4-,8-7-,16-10-/t17-/m0/s1. The number of nitrogens with zero attached hydrogens (tertiary/aromatic N) is 2. The van der Waals surface area contributed by atoms with E-state index in [1.54, 1.807) is 23.8 Å². The maximum Gasteiger partial charge on any atom is 0.246 e. The van der Waals surface area contributed by atoms with Crippen molar-refractivity contribution in [3.63, 3.8) is 0 Å². The highest BCUT2D eigenvalue weighted by Gasteiger charge is 2.28. The van der Waals surface area contributed by atoms with Gasteiger partial charge in [-0.2, -0.15) is 0 Å². The van der Waals surface area contributed by atoms with Crippen molar-refractivity contribution < 1.29 is 9.32 Å². The van der Waals surface area contributed by atoms with Crippen LogP contribution in [0.25, 0.3) is 5.57 Å². The Balaban J connectivity index is 2.01. The topological polar surface area (TPSA) is 46.3 Å². The van der Waals surface area contributed by atoms with E-state index in [0.29, 0.717) is 13.1 Å². The van der Waals surface area contributed by atoms with E-state index in [9.17, 15) is 4.79 Å². The summed E-state index contributed by atoms with van der Waals surface area (Å²) >= 11 is 1.75. The molecule has 0 fully saturated rings. The van der Waals surface area contributed by atoms with Gasteiger partial charge in [0.2, 0.25) is 5.91 Å². The predicted octanol–water partition coefficient (Wildman–Crippen LogP) is 4.87. The average Bonchev–Trinajstić information content (AvgIpc) is 3.29. The molecule has 134 valence electrons. The van der Waals surface area contributed by atoms with Crippen molar-refractivity contribution in [3.05, 3.63) is 82.4 Å². The first-order valence-electron chi connectivity index (χ1n) is 8.54. The summed E-state index contributed by atoms with van der Waals surface area (Å²) in [5.41, 5.74) is 3.25. The zero-order valence-corrected chi connectivity index (χ0v) is 15.8. The van der Waals surface area contributed by atoms with Crippen molar-refractivity contribution in [2.75, 3.05) is 6.54 Å². The van der Waals surface area contributed by atoms with E-state index in [1.165, 1.54) is 21.4 Å². The fourth-order valence-electron chi connectivity index (χ4n) is 3.12. The van der Waals surface area contributed by atoms with E-state index >= 15 is 0 Å². The summed E-state index contributed by atoms with van der Waals surface area (Å²) in [7, 11) is 0. The number of allylic oxidation sites excluding steroid dienone is 5. The Bertz CT molecular complexity index is 872. The highest BCUT2D eigenvalue weighted by molar-refractivity contribution is 7.12. The molecule has 1 aliphatic rings. The van der Waals surface area contributed by atoms with Crippen LogP contribution in [0.1, 0.15) is 33.7 Å². The van der Waals surface area contributed by atoms with Crippen LogP contribution in [-0.4, -0.2) is 22.5 Å². The van der Waals surface area contributed by atoms with Crippen LogP contribution >= 0.6 is 11.3 Å². The fourth-order valence-corrected chi connectivity index (χ4v) is 4.24. The second-order valence-corrected chi connectivity index (χ2v) is 7.53. The summed E-state index contributed by atoms with van der Waals surface area (Å²) in [5, 5.41) is 3.83. The summed E-state index contributed by atoms with van der Waals surface area (Å²) in [6.07, 6.45) is 14.9. The Kier molecular flexibility index (Phi) is 5.68. The lowest BCUT2D eigenvalue weighted by Gasteiger charge is -2.31. The number of aromatic nitrogens is 1. The molecule has 2 aromatic heterocycles. The van der Waals surface area contributed by atoms with Gasteiger partial charge in [-0.05, 0) is 37.1 Å². The number of thiophene rings is 1. The number of rotatable bonds is 5. The third-order valence-corrected chi connectivity index (χ3v) is 5.38. The third-order valence-electron chi connectivity index (χ3n) is 4.33. The Morgan fingerprint density at radius 2 is 2.31 bits per heavy atom. The summed E-state index contributed by atoms with van der Waals surface area (Å²) in [6.45, 7) is 9.01. The minimum absolute atomic E-state index is 0.0314. The van der Waals surface area contributed by atoms with Crippen molar-refractivity contribution in [3.8, 4) is 0 Å². The summed E-state index contributed by atoms with van der Waals surface area (Å²) < 4.78 is 5.02. The monoisotopic (exact) mass is 366 g/mol. The van der Waals surface area contributed by atoms with E-state index in [0.717, 1.165) is 11.1 Å². The smallest absolute Gasteiger partial charge is 0.246 e. The van der Waals surface area contributed by atoms with E-state index in [4.69, 9.17) is 4.52 Å². The molecule has 1 aliphatic heterocycles. The molecule has 1 atom stereocenters. The molecule has 0 unspecified atom stereocenters. The molecular weight excluding hydrogens is 344 g/mol. The van der Waals surface area contributed by atoms with Crippen LogP contribution in [0.5, 0.6) is 0 Å². The summed E-state index contributed by atoms with van der Waals surface area (Å²) in [4.78, 5) is 16.6. The number of hydrogen-bond acceptors (Lipinski definition) is 4. The predicted molar refractivity (Wildman–Crippen MR) is 106 cm³/mol. The number of aryl methyl sites for hydroxylation is 1. The first kappa shape index (κ1) is 18.1. The maximum atomic E-state index is 12.2. The lowest BCUT2D eigenvalue weighted by molar-refractivity contribution is -0.127. The van der Waals surface area contributed by atoms with E-state index < -0.39 is 0 Å². The lowest BCUT2D eigenvalue weighted by atomic mass is 9.91. The van der Waals surface area contributed by atoms with Crippen molar-refractivity contribution in [1.29, 1.82) is 0 Å². The van der Waals surface area contributed by atoms with Gasteiger partial charge in [0, 0.05) is 27.8 Å². The highest BCUT2D eigenvalue weighted by atomic mass is 32.1. The van der Waals surface area contributed by atoms with Crippen molar-refractivity contribution in [2.24, 2.45) is 0 Å². The Morgan fingerprint density at radius 1 is 1.46 bits per heavy atom. The summed E-state index contributed by atoms with van der Waals surface area (Å²) in [6, 6.07) is 2.23. The number of carbonyl (C=O) groups excluding carboxylic acids is 1. The Labute approximate surface area is 157 Å². The third kappa shape index (κ3) is 3.94. The Morgan fingerprint density at radius 3 is 3.00 bits per heavy atom. The second-order valence-electron chi connectivity index (χ2n) is 6.18. The highest BCUT2D eigenvalue weighted by Crippen LogP contribution is 2.37. The minimum Gasteiger partial charge on any atom is -0.364 e. The molecule has 3 rings (SSSR count). The first-order chi connectivity index (χ1) is 12.6. The molecule has 5 heteroatoms. The molecule has 0 radical (unpaired) electrons. The zero-order chi connectivity index (χ0) is 18.5. The van der Waals surface area contributed by atoms with E-state index in [-0.39, 0.29) is 11.8 Å². The van der Waals surface area contributed by atoms with Gasteiger partial charge in [0.25, 0.3) is 0 Å². The molecule has 0 bridgehead atoms. The molecule has 0 aromatic carbocycles. The van der Waals surface area contributed by atoms with Gasteiger partial charge in [-0.25, -0.2) is 0 Å². The summed E-state index contributed by atoms with van der Waals surface area (Å²) in [5.74, 6) is 0.0869. The Hall–Kier alpha value is -2.66. The van der Waals surface area contributed by atoms with Crippen LogP contribution in [0.4, 0.5) is 0 Å². The maximum absolute atomic E-state index is 12.2. The molecule has 2 aromatic rings. The first-order valence-corrected chi connectivity index (χ1v) is 9.35. The molecule has 0 N–H and O–H groups in total. The second kappa shape index (κ2) is 8.15. The van der Waals surface area contributed by atoms with Crippen LogP contribution in [0.15, 0.2) is 66.1 Å². The zero-order valence-electron chi connectivity index (χ0n) is 15.0. The normalized spacial score (nSPS) is 17.8. The van der Waals surface area contributed by atoms with Gasteiger partial charge in [0.05, 0.1) is 12.7 Å². The molecule has 0 saturated carbocycles. The molecule has 0 aliphatic carbocycles. The number of carbonyl (C=O) groups is 1. The van der Waals surface area contributed by atoms with Gasteiger partial charge in [0.1, 0.15) is 6.26 Å². The quantitative estimate of drug-likeness (QED) is 0.560. The van der Waals surface area contributed by atoms with Crippen LogP contribution in [0.3, 0.4) is 0 Å². The van der Waals surface area contributed by atoms with Gasteiger partial charge >= 0.3 is 0 Å². The van der Waals surface area contributed by atoms with Crippen LogP contribution in [0, 0.1) is 6.92 Å². The van der Waals surface area contributed by atoms with Gasteiger partial charge in [0.15, 0.2) is 0 Å².